The Morgan fingerprint density at radius 2 is 2.00 bits per heavy atom. The first-order valence-electron chi connectivity index (χ1n) is 3.96. The minimum Gasteiger partial charge on any atom is -0.374 e. The number of rotatable bonds is 4. The van der Waals surface area contributed by atoms with Crippen molar-refractivity contribution in [3.05, 3.63) is 0 Å². The number of ether oxygens (including phenoxy) is 1. The van der Waals surface area contributed by atoms with Crippen molar-refractivity contribution < 1.29 is 4.74 Å². The second kappa shape index (κ2) is 3.94. The molecule has 0 rings (SSSR count). The topological polar surface area (TPSA) is 35.2 Å². The van der Waals surface area contributed by atoms with E-state index in [0.29, 0.717) is 0 Å². The van der Waals surface area contributed by atoms with Crippen LogP contribution in [-0.4, -0.2) is 18.2 Å². The number of hydrogen-bond donors (Lipinski definition) is 1. The molecule has 0 spiro atoms. The fraction of sp³-hybridized carbons (Fsp3) is 1.00. The summed E-state index contributed by atoms with van der Waals surface area (Å²) in [6.45, 7) is 8.88. The molecule has 0 heterocycles. The molecule has 0 aromatic rings. The molecular formula is C8H19NO. The van der Waals surface area contributed by atoms with Crippen LogP contribution in [0, 0.1) is 0 Å². The Balaban J connectivity index is 3.94. The van der Waals surface area contributed by atoms with Gasteiger partial charge in [-0.2, -0.15) is 0 Å². The summed E-state index contributed by atoms with van der Waals surface area (Å²) in [7, 11) is 0. The van der Waals surface area contributed by atoms with Crippen molar-refractivity contribution in [1.82, 2.24) is 0 Å². The van der Waals surface area contributed by atoms with Crippen molar-refractivity contribution >= 4 is 0 Å². The lowest BCUT2D eigenvalue weighted by Crippen LogP contribution is -2.45. The van der Waals surface area contributed by atoms with Crippen molar-refractivity contribution in [1.29, 1.82) is 0 Å². The predicted molar refractivity (Wildman–Crippen MR) is 44.0 cm³/mol. The maximum Gasteiger partial charge on any atom is 0.0799 e. The second-order valence-corrected chi connectivity index (χ2v) is 2.89. The highest BCUT2D eigenvalue weighted by molar-refractivity contribution is 4.82. The third-order valence-electron chi connectivity index (χ3n) is 2.14. The van der Waals surface area contributed by atoms with Gasteiger partial charge in [0.05, 0.1) is 5.60 Å². The van der Waals surface area contributed by atoms with E-state index < -0.39 is 0 Å². The summed E-state index contributed by atoms with van der Waals surface area (Å²) in [6.07, 6.45) is 0.971. The summed E-state index contributed by atoms with van der Waals surface area (Å²) in [5, 5.41) is 0. The molecule has 0 bridgehead atoms. The molecule has 2 heteroatoms. The fourth-order valence-electron chi connectivity index (χ4n) is 0.885. The molecule has 0 saturated carbocycles. The van der Waals surface area contributed by atoms with Crippen LogP contribution in [0.1, 0.15) is 34.1 Å². The van der Waals surface area contributed by atoms with Gasteiger partial charge in [0.1, 0.15) is 0 Å². The van der Waals surface area contributed by atoms with Crippen LogP contribution in [-0.2, 0) is 4.74 Å². The molecule has 2 unspecified atom stereocenters. The molecule has 10 heavy (non-hydrogen) atoms. The number of nitrogens with two attached hydrogens (primary N) is 1. The van der Waals surface area contributed by atoms with Gasteiger partial charge in [-0.15, -0.1) is 0 Å². The van der Waals surface area contributed by atoms with Gasteiger partial charge >= 0.3 is 0 Å². The summed E-state index contributed by atoms with van der Waals surface area (Å²) in [4.78, 5) is 0. The Kier molecular flexibility index (Phi) is 3.91. The van der Waals surface area contributed by atoms with Crippen LogP contribution < -0.4 is 5.73 Å². The van der Waals surface area contributed by atoms with Crippen LogP contribution in [0.25, 0.3) is 0 Å². The van der Waals surface area contributed by atoms with Gasteiger partial charge in [0.15, 0.2) is 0 Å². The lowest BCUT2D eigenvalue weighted by atomic mass is 9.95. The quantitative estimate of drug-likeness (QED) is 0.651. The van der Waals surface area contributed by atoms with Crippen LogP contribution in [0.3, 0.4) is 0 Å². The molecule has 2 N–H and O–H groups in total. The SMILES string of the molecule is CCOC(C)(CC)C(C)N. The van der Waals surface area contributed by atoms with Crippen molar-refractivity contribution in [3.8, 4) is 0 Å². The molecule has 0 saturated heterocycles. The summed E-state index contributed by atoms with van der Waals surface area (Å²) < 4.78 is 5.52. The molecule has 0 fully saturated rings. The van der Waals surface area contributed by atoms with Crippen molar-refractivity contribution in [3.63, 3.8) is 0 Å². The van der Waals surface area contributed by atoms with Gasteiger partial charge in [-0.05, 0) is 27.2 Å². The third-order valence-corrected chi connectivity index (χ3v) is 2.14. The van der Waals surface area contributed by atoms with Gasteiger partial charge in [-0.1, -0.05) is 6.92 Å². The molecule has 2 atom stereocenters. The zero-order chi connectivity index (χ0) is 8.20. The monoisotopic (exact) mass is 145 g/mol. The molecule has 0 aromatic heterocycles. The van der Waals surface area contributed by atoms with E-state index in [-0.39, 0.29) is 11.6 Å². The van der Waals surface area contributed by atoms with Gasteiger partial charge in [-0.25, -0.2) is 0 Å². The zero-order valence-electron chi connectivity index (χ0n) is 7.48. The number of hydrogen-bond acceptors (Lipinski definition) is 2. The van der Waals surface area contributed by atoms with E-state index in [1.165, 1.54) is 0 Å². The summed E-state index contributed by atoms with van der Waals surface area (Å²) in [6, 6.07) is 0.109. The summed E-state index contributed by atoms with van der Waals surface area (Å²) >= 11 is 0. The van der Waals surface area contributed by atoms with Gasteiger partial charge < -0.3 is 10.5 Å². The van der Waals surface area contributed by atoms with Crippen LogP contribution in [0.15, 0.2) is 0 Å². The van der Waals surface area contributed by atoms with Crippen LogP contribution >= 0.6 is 0 Å². The Hall–Kier alpha value is -0.0800. The normalized spacial score (nSPS) is 20.1. The highest BCUT2D eigenvalue weighted by Gasteiger charge is 2.26. The molecule has 62 valence electrons. The predicted octanol–water partition coefficient (Wildman–Crippen LogP) is 1.54. The van der Waals surface area contributed by atoms with E-state index in [1.807, 2.05) is 13.8 Å². The van der Waals surface area contributed by atoms with Crippen molar-refractivity contribution in [2.75, 3.05) is 6.61 Å². The molecule has 0 aliphatic carbocycles. The Morgan fingerprint density at radius 3 is 2.10 bits per heavy atom. The first-order valence-corrected chi connectivity index (χ1v) is 3.96. The zero-order valence-corrected chi connectivity index (χ0v) is 7.48. The largest absolute Gasteiger partial charge is 0.374 e. The molecule has 0 aromatic carbocycles. The smallest absolute Gasteiger partial charge is 0.0799 e. The van der Waals surface area contributed by atoms with E-state index in [0.717, 1.165) is 13.0 Å². The summed E-state index contributed by atoms with van der Waals surface area (Å²) in [5.41, 5.74) is 5.61. The maximum absolute atomic E-state index is 5.74. The van der Waals surface area contributed by atoms with Gasteiger partial charge in [0, 0.05) is 12.6 Å². The Morgan fingerprint density at radius 1 is 1.50 bits per heavy atom. The standard InChI is InChI=1S/C8H19NO/c1-5-8(4,7(3)9)10-6-2/h7H,5-6,9H2,1-4H3. The first kappa shape index (κ1) is 9.92. The van der Waals surface area contributed by atoms with Crippen LogP contribution in [0.5, 0.6) is 0 Å². The maximum atomic E-state index is 5.74. The molecule has 0 amide bonds. The molecule has 2 nitrogen and oxygen atoms in total. The fourth-order valence-corrected chi connectivity index (χ4v) is 0.885. The molecule has 0 radical (unpaired) electrons. The van der Waals surface area contributed by atoms with E-state index in [1.54, 1.807) is 0 Å². The minimum absolute atomic E-state index is 0.109. The molecular weight excluding hydrogens is 126 g/mol. The van der Waals surface area contributed by atoms with E-state index in [2.05, 4.69) is 13.8 Å². The van der Waals surface area contributed by atoms with Gasteiger partial charge in [0.25, 0.3) is 0 Å². The molecule has 0 aliphatic rings. The Labute approximate surface area is 63.7 Å². The second-order valence-electron chi connectivity index (χ2n) is 2.89. The Bertz CT molecular complexity index is 93.3. The van der Waals surface area contributed by atoms with Crippen molar-refractivity contribution in [2.45, 2.75) is 45.8 Å². The highest BCUT2D eigenvalue weighted by Crippen LogP contribution is 2.17. The van der Waals surface area contributed by atoms with E-state index >= 15 is 0 Å². The lowest BCUT2D eigenvalue weighted by molar-refractivity contribution is -0.0422. The highest BCUT2D eigenvalue weighted by atomic mass is 16.5. The van der Waals surface area contributed by atoms with Crippen LogP contribution in [0.2, 0.25) is 0 Å². The van der Waals surface area contributed by atoms with Crippen LogP contribution in [0.4, 0.5) is 0 Å². The summed E-state index contributed by atoms with van der Waals surface area (Å²) in [5.74, 6) is 0. The first-order chi connectivity index (χ1) is 4.56. The van der Waals surface area contributed by atoms with Gasteiger partial charge in [0.2, 0.25) is 0 Å². The lowest BCUT2D eigenvalue weighted by Gasteiger charge is -2.31. The average Bonchev–Trinajstić information content (AvgIpc) is 1.88. The average molecular weight is 145 g/mol. The van der Waals surface area contributed by atoms with E-state index in [4.69, 9.17) is 10.5 Å². The third kappa shape index (κ3) is 2.27. The minimum atomic E-state index is -0.130. The molecule has 0 aliphatic heterocycles. The van der Waals surface area contributed by atoms with E-state index in [9.17, 15) is 0 Å². The van der Waals surface area contributed by atoms with Gasteiger partial charge in [-0.3, -0.25) is 0 Å². The van der Waals surface area contributed by atoms with Crippen molar-refractivity contribution in [2.24, 2.45) is 5.73 Å².